The second-order valence-electron chi connectivity index (χ2n) is 12.6. The van der Waals surface area contributed by atoms with Crippen LogP contribution in [0.1, 0.15) is 65.0 Å². The summed E-state index contributed by atoms with van der Waals surface area (Å²) in [5.74, 6) is -0.396. The summed E-state index contributed by atoms with van der Waals surface area (Å²) in [6.07, 6.45) is 9.46. The highest BCUT2D eigenvalue weighted by atomic mass is 19.1. The van der Waals surface area contributed by atoms with Crippen LogP contribution in [0.2, 0.25) is 0 Å². The van der Waals surface area contributed by atoms with Gasteiger partial charge in [-0.1, -0.05) is 35.9 Å². The fourth-order valence-corrected chi connectivity index (χ4v) is 6.63. The van der Waals surface area contributed by atoms with Gasteiger partial charge in [0.2, 0.25) is 5.91 Å². The molecule has 1 saturated carbocycles. The van der Waals surface area contributed by atoms with Gasteiger partial charge in [0.05, 0.1) is 42.6 Å². The number of nitrogens with zero attached hydrogens (tertiary/aromatic N) is 3. The third-order valence-electron chi connectivity index (χ3n) is 9.44. The van der Waals surface area contributed by atoms with E-state index < -0.39 is 0 Å². The lowest BCUT2D eigenvalue weighted by molar-refractivity contribution is -0.149. The second kappa shape index (κ2) is 11.7. The number of carbonyl (C=O) groups excluding carboxylic acids is 2. The van der Waals surface area contributed by atoms with Gasteiger partial charge < -0.3 is 20.3 Å². The number of halogens is 1. The molecule has 1 atom stereocenters. The molecule has 1 aliphatic carbocycles. The van der Waals surface area contributed by atoms with Crippen LogP contribution in [0.5, 0.6) is 0 Å². The first kappa shape index (κ1) is 28.6. The predicted octanol–water partition coefficient (Wildman–Crippen LogP) is 4.55. The number of hydrogen-bond acceptors (Lipinski definition) is 6. The van der Waals surface area contributed by atoms with Crippen LogP contribution in [0.15, 0.2) is 72.7 Å². The summed E-state index contributed by atoms with van der Waals surface area (Å²) in [5.41, 5.74) is 8.10. The lowest BCUT2D eigenvalue weighted by Crippen LogP contribution is -2.58. The van der Waals surface area contributed by atoms with Gasteiger partial charge in [-0.2, -0.15) is 0 Å². The Hall–Kier alpha value is -4.21. The van der Waals surface area contributed by atoms with Crippen molar-refractivity contribution in [3.8, 4) is 0 Å². The smallest absolute Gasteiger partial charge is 0.253 e. The van der Waals surface area contributed by atoms with Gasteiger partial charge in [0.25, 0.3) is 5.91 Å². The molecule has 3 fully saturated rings. The molecule has 3 aromatic rings. The van der Waals surface area contributed by atoms with Gasteiger partial charge in [0.15, 0.2) is 0 Å². The number of rotatable bonds is 7. The van der Waals surface area contributed by atoms with E-state index in [-0.39, 0.29) is 29.6 Å². The van der Waals surface area contributed by atoms with Crippen molar-refractivity contribution < 1.29 is 18.7 Å². The molecule has 226 valence electrons. The number of ether oxygens (including phenoxy) is 1. The highest BCUT2D eigenvalue weighted by Gasteiger charge is 2.46. The molecule has 1 aromatic carbocycles. The molecular weight excluding hydrogens is 557 g/mol. The molecule has 0 radical (unpaired) electrons. The summed E-state index contributed by atoms with van der Waals surface area (Å²) in [5, 5.41) is 6.50. The quantitative estimate of drug-likeness (QED) is 0.417. The van der Waals surface area contributed by atoms with Gasteiger partial charge in [-0.25, -0.2) is 4.39 Å². The van der Waals surface area contributed by atoms with Crippen LogP contribution < -0.4 is 10.6 Å². The summed E-state index contributed by atoms with van der Waals surface area (Å²) in [6.45, 7) is 6.29. The zero-order valence-electron chi connectivity index (χ0n) is 24.8. The van der Waals surface area contributed by atoms with E-state index >= 15 is 0 Å². The molecule has 2 N–H and O–H groups in total. The first-order chi connectivity index (χ1) is 21.4. The summed E-state index contributed by atoms with van der Waals surface area (Å²) >= 11 is 0. The maximum absolute atomic E-state index is 13.7. The molecule has 1 spiro atoms. The van der Waals surface area contributed by atoms with Crippen molar-refractivity contribution in [3.05, 3.63) is 106 Å². The van der Waals surface area contributed by atoms with Crippen molar-refractivity contribution >= 4 is 23.0 Å². The van der Waals surface area contributed by atoms with E-state index in [1.807, 2.05) is 30.0 Å². The SMILES string of the molecule is C[C@@H](NC(=O)c1cncc(C2=CCN(C(=O)C3COC3)CC2)c1)c1ccc(C(=C2CC3(CNC3)C2)c2ccc(F)cn2)cc1. The molecule has 9 heteroatoms. The Morgan fingerprint density at radius 1 is 1.07 bits per heavy atom. The van der Waals surface area contributed by atoms with Crippen LogP contribution in [0.25, 0.3) is 11.1 Å². The summed E-state index contributed by atoms with van der Waals surface area (Å²) in [4.78, 5) is 36.4. The van der Waals surface area contributed by atoms with Crippen LogP contribution in [-0.4, -0.2) is 66.1 Å². The average Bonchev–Trinajstić information content (AvgIpc) is 2.98. The van der Waals surface area contributed by atoms with Gasteiger partial charge >= 0.3 is 0 Å². The van der Waals surface area contributed by atoms with Gasteiger partial charge in [-0.15, -0.1) is 0 Å². The van der Waals surface area contributed by atoms with Crippen molar-refractivity contribution in [2.45, 2.75) is 32.2 Å². The number of pyridine rings is 2. The maximum atomic E-state index is 13.7. The van der Waals surface area contributed by atoms with Gasteiger partial charge in [-0.05, 0) is 66.6 Å². The lowest BCUT2D eigenvalue weighted by Gasteiger charge is -2.52. The minimum atomic E-state index is -0.347. The van der Waals surface area contributed by atoms with Crippen molar-refractivity contribution in [2.75, 3.05) is 39.4 Å². The number of amides is 2. The van der Waals surface area contributed by atoms with Gasteiger partial charge in [0, 0.05) is 49.6 Å². The molecule has 2 saturated heterocycles. The Morgan fingerprint density at radius 3 is 2.48 bits per heavy atom. The van der Waals surface area contributed by atoms with Gasteiger partial charge in [-0.3, -0.25) is 19.6 Å². The predicted molar refractivity (Wildman–Crippen MR) is 165 cm³/mol. The van der Waals surface area contributed by atoms with E-state index in [1.165, 1.54) is 17.8 Å². The standard InChI is InChI=1S/C35H36FN5O3/c1-22(40-33(42)27-12-26(15-37-16-27)24-8-10-41(11-9-24)34(43)29-18-44-19-29)23-2-4-25(5-3-23)32(31-7-6-30(36)17-39-31)28-13-35(14-28)20-38-21-35/h2-8,12,15-17,22,29,38H,9-11,13-14,18-21H2,1H3,(H,40,42)/t22-/m1/s1. The van der Waals surface area contributed by atoms with Crippen molar-refractivity contribution in [1.29, 1.82) is 0 Å². The van der Waals surface area contributed by atoms with E-state index in [2.05, 4.69) is 38.8 Å². The normalized spacial score (nSPS) is 19.7. The Labute approximate surface area is 256 Å². The molecule has 2 aromatic heterocycles. The zero-order chi connectivity index (χ0) is 30.3. The summed E-state index contributed by atoms with van der Waals surface area (Å²) in [7, 11) is 0. The van der Waals surface area contributed by atoms with E-state index in [0.717, 1.165) is 65.9 Å². The highest BCUT2D eigenvalue weighted by molar-refractivity contribution is 5.95. The number of allylic oxidation sites excluding steroid dienone is 1. The molecule has 3 aliphatic heterocycles. The fourth-order valence-electron chi connectivity index (χ4n) is 6.63. The summed E-state index contributed by atoms with van der Waals surface area (Å²) in [6, 6.07) is 13.1. The van der Waals surface area contributed by atoms with Crippen molar-refractivity contribution in [2.24, 2.45) is 11.3 Å². The van der Waals surface area contributed by atoms with Crippen LogP contribution in [0.4, 0.5) is 4.39 Å². The molecule has 44 heavy (non-hydrogen) atoms. The second-order valence-corrected chi connectivity index (χ2v) is 12.6. The number of benzene rings is 1. The zero-order valence-corrected chi connectivity index (χ0v) is 24.8. The minimum absolute atomic E-state index is 0.0114. The fraction of sp³-hybridized carbons (Fsp3) is 0.371. The Balaban J connectivity index is 1.02. The third-order valence-corrected chi connectivity index (χ3v) is 9.44. The van der Waals surface area contributed by atoms with Crippen LogP contribution in [0, 0.1) is 17.2 Å². The van der Waals surface area contributed by atoms with Crippen LogP contribution >= 0.6 is 0 Å². The van der Waals surface area contributed by atoms with Gasteiger partial charge in [0.1, 0.15) is 5.82 Å². The first-order valence-corrected chi connectivity index (χ1v) is 15.3. The largest absolute Gasteiger partial charge is 0.380 e. The minimum Gasteiger partial charge on any atom is -0.380 e. The number of carbonyl (C=O) groups is 2. The van der Waals surface area contributed by atoms with E-state index in [9.17, 15) is 14.0 Å². The molecule has 8 nitrogen and oxygen atoms in total. The average molecular weight is 594 g/mol. The first-order valence-electron chi connectivity index (χ1n) is 15.3. The molecule has 5 heterocycles. The number of nitrogens with one attached hydrogen (secondary N) is 2. The van der Waals surface area contributed by atoms with Crippen molar-refractivity contribution in [1.82, 2.24) is 25.5 Å². The van der Waals surface area contributed by atoms with E-state index in [0.29, 0.717) is 37.3 Å². The lowest BCUT2D eigenvalue weighted by atomic mass is 9.60. The Kier molecular flexibility index (Phi) is 7.60. The molecule has 7 rings (SSSR count). The van der Waals surface area contributed by atoms with E-state index in [4.69, 9.17) is 4.74 Å². The molecule has 4 aliphatic rings. The number of hydrogen-bond donors (Lipinski definition) is 2. The molecule has 2 amide bonds. The third kappa shape index (κ3) is 5.57. The van der Waals surface area contributed by atoms with Crippen LogP contribution in [0.3, 0.4) is 0 Å². The maximum Gasteiger partial charge on any atom is 0.253 e. The topological polar surface area (TPSA) is 96.5 Å². The molecular formula is C35H36FN5O3. The molecule has 0 unspecified atom stereocenters. The van der Waals surface area contributed by atoms with Crippen LogP contribution in [-0.2, 0) is 9.53 Å². The Bertz CT molecular complexity index is 1630. The highest BCUT2D eigenvalue weighted by Crippen LogP contribution is 2.51. The van der Waals surface area contributed by atoms with E-state index in [1.54, 1.807) is 18.5 Å². The molecule has 0 bridgehead atoms. The van der Waals surface area contributed by atoms with Crippen molar-refractivity contribution in [3.63, 3.8) is 0 Å². The number of aromatic nitrogens is 2. The monoisotopic (exact) mass is 593 g/mol. The Morgan fingerprint density at radius 2 is 1.86 bits per heavy atom. The summed E-state index contributed by atoms with van der Waals surface area (Å²) < 4.78 is 18.8.